The average Bonchev–Trinajstić information content (AvgIpc) is 2.97. The van der Waals surface area contributed by atoms with Crippen molar-refractivity contribution in [3.05, 3.63) is 42.2 Å². The van der Waals surface area contributed by atoms with Gasteiger partial charge in [0.25, 0.3) is 0 Å². The van der Waals surface area contributed by atoms with E-state index in [0.29, 0.717) is 17.9 Å². The van der Waals surface area contributed by atoms with Crippen LogP contribution in [-0.2, 0) is 6.54 Å². The lowest BCUT2D eigenvalue weighted by Gasteiger charge is -2.15. The van der Waals surface area contributed by atoms with Gasteiger partial charge in [-0.1, -0.05) is 37.3 Å². The highest BCUT2D eigenvalue weighted by Gasteiger charge is 2.31. The lowest BCUT2D eigenvalue weighted by Crippen LogP contribution is -2.21. The maximum Gasteiger partial charge on any atom is 0.239 e. The van der Waals surface area contributed by atoms with Crippen molar-refractivity contribution in [2.24, 2.45) is 5.92 Å². The minimum absolute atomic E-state index is 0.355. The molecule has 5 nitrogen and oxygen atoms in total. The van der Waals surface area contributed by atoms with Crippen molar-refractivity contribution in [2.75, 3.05) is 18.8 Å². The molecule has 0 bridgehead atoms. The minimum Gasteiger partial charge on any atom is -0.367 e. The van der Waals surface area contributed by atoms with Crippen LogP contribution in [0.3, 0.4) is 0 Å². The van der Waals surface area contributed by atoms with Crippen LogP contribution >= 0.6 is 0 Å². The summed E-state index contributed by atoms with van der Waals surface area (Å²) in [7, 11) is 0. The number of likely N-dealkylation sites (tertiary alicyclic amines) is 1. The van der Waals surface area contributed by atoms with E-state index in [1.807, 2.05) is 4.68 Å². The van der Waals surface area contributed by atoms with E-state index >= 15 is 0 Å². The second-order valence-electron chi connectivity index (χ2n) is 5.31. The van der Waals surface area contributed by atoms with Gasteiger partial charge in [0.1, 0.15) is 6.33 Å². The molecule has 1 aliphatic rings. The Morgan fingerprint density at radius 2 is 2.05 bits per heavy atom. The summed E-state index contributed by atoms with van der Waals surface area (Å²) in [6.07, 6.45) is 1.74. The highest BCUT2D eigenvalue weighted by atomic mass is 15.4. The number of hydrogen-bond acceptors (Lipinski definition) is 4. The van der Waals surface area contributed by atoms with Crippen molar-refractivity contribution in [2.45, 2.75) is 19.5 Å². The molecule has 100 valence electrons. The predicted octanol–water partition coefficient (Wildman–Crippen LogP) is 1.55. The molecule has 2 unspecified atom stereocenters. The summed E-state index contributed by atoms with van der Waals surface area (Å²) < 4.78 is 1.91. The van der Waals surface area contributed by atoms with Gasteiger partial charge in [-0.15, -0.1) is 5.10 Å². The van der Waals surface area contributed by atoms with Gasteiger partial charge in [0, 0.05) is 19.6 Å². The van der Waals surface area contributed by atoms with Crippen LogP contribution in [0.2, 0.25) is 0 Å². The quantitative estimate of drug-likeness (QED) is 0.906. The predicted molar refractivity (Wildman–Crippen MR) is 74.4 cm³/mol. The Labute approximate surface area is 113 Å². The summed E-state index contributed by atoms with van der Waals surface area (Å²) in [6.45, 7) is 5.33. The highest BCUT2D eigenvalue weighted by molar-refractivity contribution is 5.15. The monoisotopic (exact) mass is 257 g/mol. The molecule has 1 aromatic carbocycles. The maximum absolute atomic E-state index is 5.59. The molecule has 0 spiro atoms. The molecule has 1 aromatic heterocycles. The summed E-state index contributed by atoms with van der Waals surface area (Å²) >= 11 is 0. The lowest BCUT2D eigenvalue weighted by molar-refractivity contribution is 0.311. The molecule has 19 heavy (non-hydrogen) atoms. The lowest BCUT2D eigenvalue weighted by atomic mass is 10.1. The number of benzene rings is 1. The average molecular weight is 257 g/mol. The second kappa shape index (κ2) is 5.01. The summed E-state index contributed by atoms with van der Waals surface area (Å²) in [6, 6.07) is 10.9. The molecule has 1 aliphatic heterocycles. The number of aromatic nitrogens is 3. The van der Waals surface area contributed by atoms with Crippen LogP contribution in [0.15, 0.2) is 36.7 Å². The van der Waals surface area contributed by atoms with Gasteiger partial charge in [0.05, 0.1) is 6.04 Å². The number of anilines is 1. The molecular weight excluding hydrogens is 238 g/mol. The molecule has 2 heterocycles. The standard InChI is InChI=1S/C14H19N5/c1-11-7-18(8-12-5-3-2-4-6-12)9-13(11)19-10-16-14(15)17-19/h2-6,10-11,13H,7-9H2,1H3,(H2,15,17). The SMILES string of the molecule is CC1CN(Cc2ccccc2)CC1n1cnc(N)n1. The van der Waals surface area contributed by atoms with E-state index in [9.17, 15) is 0 Å². The van der Waals surface area contributed by atoms with Crippen molar-refractivity contribution >= 4 is 5.95 Å². The third-order valence-corrected chi connectivity index (χ3v) is 3.76. The Kier molecular flexibility index (Phi) is 3.21. The number of nitrogen functional groups attached to an aromatic ring is 1. The fourth-order valence-corrected chi connectivity index (χ4v) is 2.81. The molecule has 5 heteroatoms. The molecule has 2 atom stereocenters. The first kappa shape index (κ1) is 12.2. The minimum atomic E-state index is 0.355. The van der Waals surface area contributed by atoms with Crippen LogP contribution in [0.5, 0.6) is 0 Å². The zero-order valence-electron chi connectivity index (χ0n) is 11.1. The van der Waals surface area contributed by atoms with Gasteiger partial charge in [-0.25, -0.2) is 9.67 Å². The van der Waals surface area contributed by atoms with Gasteiger partial charge >= 0.3 is 0 Å². The number of hydrogen-bond donors (Lipinski definition) is 1. The topological polar surface area (TPSA) is 60.0 Å². The maximum atomic E-state index is 5.59. The summed E-state index contributed by atoms with van der Waals surface area (Å²) in [4.78, 5) is 6.48. The molecule has 1 fully saturated rings. The van der Waals surface area contributed by atoms with Crippen LogP contribution in [0.4, 0.5) is 5.95 Å². The second-order valence-corrected chi connectivity index (χ2v) is 5.31. The molecule has 1 saturated heterocycles. The number of rotatable bonds is 3. The number of nitrogens with two attached hydrogens (primary N) is 1. The van der Waals surface area contributed by atoms with Crippen molar-refractivity contribution < 1.29 is 0 Å². The van der Waals surface area contributed by atoms with Crippen LogP contribution < -0.4 is 5.73 Å². The van der Waals surface area contributed by atoms with E-state index in [1.165, 1.54) is 5.56 Å². The summed E-state index contributed by atoms with van der Waals surface area (Å²) in [5.74, 6) is 0.915. The molecule has 0 aliphatic carbocycles. The Morgan fingerprint density at radius 3 is 2.74 bits per heavy atom. The van der Waals surface area contributed by atoms with Gasteiger partial charge in [0.2, 0.25) is 5.95 Å². The first-order chi connectivity index (χ1) is 9.22. The van der Waals surface area contributed by atoms with E-state index in [0.717, 1.165) is 19.6 Å². The first-order valence-electron chi connectivity index (χ1n) is 6.65. The van der Waals surface area contributed by atoms with Crippen LogP contribution in [0.25, 0.3) is 0 Å². The van der Waals surface area contributed by atoms with Gasteiger partial charge in [-0.05, 0) is 11.5 Å². The van der Waals surface area contributed by atoms with E-state index in [2.05, 4.69) is 52.2 Å². The summed E-state index contributed by atoms with van der Waals surface area (Å²) in [5.41, 5.74) is 6.95. The smallest absolute Gasteiger partial charge is 0.239 e. The van der Waals surface area contributed by atoms with E-state index < -0.39 is 0 Å². The van der Waals surface area contributed by atoms with E-state index in [4.69, 9.17) is 5.73 Å². The normalized spacial score (nSPS) is 23.8. The Hall–Kier alpha value is -1.88. The fraction of sp³-hybridized carbons (Fsp3) is 0.429. The number of nitrogens with zero attached hydrogens (tertiary/aromatic N) is 4. The molecule has 2 N–H and O–H groups in total. The Bertz CT molecular complexity index is 536. The zero-order chi connectivity index (χ0) is 13.2. The van der Waals surface area contributed by atoms with E-state index in [-0.39, 0.29) is 0 Å². The summed E-state index contributed by atoms with van der Waals surface area (Å²) in [5, 5.41) is 4.24. The van der Waals surface area contributed by atoms with Crippen molar-refractivity contribution in [1.82, 2.24) is 19.7 Å². The van der Waals surface area contributed by atoms with Crippen molar-refractivity contribution in [3.63, 3.8) is 0 Å². The fourth-order valence-electron chi connectivity index (χ4n) is 2.81. The van der Waals surface area contributed by atoms with Crippen molar-refractivity contribution in [3.8, 4) is 0 Å². The first-order valence-corrected chi connectivity index (χ1v) is 6.65. The largest absolute Gasteiger partial charge is 0.367 e. The van der Waals surface area contributed by atoms with Crippen LogP contribution in [-0.4, -0.2) is 32.8 Å². The van der Waals surface area contributed by atoms with Gasteiger partial charge in [-0.3, -0.25) is 4.90 Å². The molecule has 0 amide bonds. The van der Waals surface area contributed by atoms with Crippen molar-refractivity contribution in [1.29, 1.82) is 0 Å². The molecule has 0 saturated carbocycles. The van der Waals surface area contributed by atoms with Crippen LogP contribution in [0.1, 0.15) is 18.5 Å². The molecule has 3 rings (SSSR count). The van der Waals surface area contributed by atoms with Gasteiger partial charge in [-0.2, -0.15) is 0 Å². The molecule has 2 aromatic rings. The highest BCUT2D eigenvalue weighted by Crippen LogP contribution is 2.28. The van der Waals surface area contributed by atoms with Crippen LogP contribution in [0, 0.1) is 5.92 Å². The molecular formula is C14H19N5. The third kappa shape index (κ3) is 2.61. The Morgan fingerprint density at radius 1 is 1.26 bits per heavy atom. The third-order valence-electron chi connectivity index (χ3n) is 3.76. The Balaban J connectivity index is 1.68. The van der Waals surface area contributed by atoms with E-state index in [1.54, 1.807) is 6.33 Å². The molecule has 0 radical (unpaired) electrons. The zero-order valence-corrected chi connectivity index (χ0v) is 11.1. The van der Waals surface area contributed by atoms with Gasteiger partial charge in [0.15, 0.2) is 0 Å². The van der Waals surface area contributed by atoms with Gasteiger partial charge < -0.3 is 5.73 Å².